The minimum atomic E-state index is -0.0426. The molecule has 0 saturated carbocycles. The smallest absolute Gasteiger partial charge is 0.135 e. The molecule has 342 valence electrons. The average molecular weight is 1080 g/mol. The van der Waals surface area contributed by atoms with Gasteiger partial charge in [-0.15, -0.1) is 48.1 Å². The number of nitrogens with zero attached hydrogens (tertiary/aromatic N) is 5. The van der Waals surface area contributed by atoms with Crippen molar-refractivity contribution in [2.45, 2.75) is 52.4 Å². The fraction of sp³-hybridized carbons (Fsp3) is 0.129. The predicted molar refractivity (Wildman–Crippen MR) is 281 cm³/mol. The van der Waals surface area contributed by atoms with Gasteiger partial charge < -0.3 is 23.7 Å². The summed E-state index contributed by atoms with van der Waals surface area (Å²) in [5.41, 5.74) is 14.3. The van der Waals surface area contributed by atoms with E-state index >= 15 is 0 Å². The fourth-order valence-electron chi connectivity index (χ4n) is 9.86. The van der Waals surface area contributed by atoms with Gasteiger partial charge in [0.2, 0.25) is 0 Å². The molecule has 7 heteroatoms. The SMILES string of the molecule is CC(C)(C)c1cc(N2[CH-]N(c3[c-]c(Oc4[c-]c5c(cc4)c4cc(-n6c7ccccc7c7ccccc76)ccc4n5-c4ccccn4)ccc3)c3cccc(-c4ccccc4)c32)cc(C(C)(C)C)c1.[Pt]. The second-order valence-electron chi connectivity index (χ2n) is 19.8. The number of benzene rings is 8. The third-order valence-electron chi connectivity index (χ3n) is 13.3. The molecule has 8 aromatic carbocycles. The zero-order chi connectivity index (χ0) is 46.3. The van der Waals surface area contributed by atoms with Gasteiger partial charge in [-0.05, 0) is 93.6 Å². The molecule has 0 atom stereocenters. The van der Waals surface area contributed by atoms with Crippen LogP contribution in [0.15, 0.2) is 188 Å². The van der Waals surface area contributed by atoms with Gasteiger partial charge in [0, 0.05) is 83.4 Å². The van der Waals surface area contributed by atoms with Gasteiger partial charge in [-0.25, -0.2) is 4.98 Å². The first kappa shape index (κ1) is 44.1. The van der Waals surface area contributed by atoms with E-state index < -0.39 is 0 Å². The van der Waals surface area contributed by atoms with E-state index in [-0.39, 0.29) is 31.9 Å². The van der Waals surface area contributed by atoms with Crippen LogP contribution in [-0.4, -0.2) is 14.1 Å². The second kappa shape index (κ2) is 17.0. The molecule has 69 heavy (non-hydrogen) atoms. The summed E-state index contributed by atoms with van der Waals surface area (Å²) in [5.74, 6) is 1.98. The number of fused-ring (bicyclic) bond motifs is 7. The van der Waals surface area contributed by atoms with Crippen molar-refractivity contribution < 1.29 is 25.8 Å². The number of ether oxygens (including phenoxy) is 1. The molecule has 0 aliphatic carbocycles. The van der Waals surface area contributed by atoms with Crippen LogP contribution >= 0.6 is 0 Å². The average Bonchev–Trinajstić information content (AvgIpc) is 4.02. The molecule has 12 rings (SSSR count). The number of hydrogen-bond acceptors (Lipinski definition) is 4. The Hall–Kier alpha value is -7.40. The van der Waals surface area contributed by atoms with E-state index in [9.17, 15) is 0 Å². The molecule has 0 bridgehead atoms. The number of aromatic nitrogens is 3. The standard InChI is InChI=1S/C62H50N5O.Pt/c1-61(2,3)42-34-43(62(4,5)6)36-46(35-42)65-40-64(57-27-17-24-49(60(57)65)41-18-8-7-9-19-41)44-20-16-21-47(37-44)68-48-30-31-52-53-38-45(29-32-56(53)67(58(52)39-48)59-28-14-15-33-63-59)66-54-25-12-10-22-50(54)51-23-11-13-26-55(51)66;/h7-36,38,40H,1-6H3;/q-3;. The third-order valence-corrected chi connectivity index (χ3v) is 13.3. The van der Waals surface area contributed by atoms with E-state index in [2.05, 4.69) is 225 Å². The summed E-state index contributed by atoms with van der Waals surface area (Å²) in [5, 5.41) is 4.63. The van der Waals surface area contributed by atoms with Gasteiger partial charge in [0.1, 0.15) is 5.82 Å². The molecule has 3 aromatic heterocycles. The molecule has 0 unspecified atom stereocenters. The van der Waals surface area contributed by atoms with Gasteiger partial charge in [0.05, 0.1) is 11.0 Å². The Balaban J connectivity index is 0.00000520. The number of pyridine rings is 1. The van der Waals surface area contributed by atoms with E-state index in [1.807, 2.05) is 42.6 Å². The normalized spacial score (nSPS) is 12.8. The van der Waals surface area contributed by atoms with Crippen molar-refractivity contribution in [1.29, 1.82) is 0 Å². The van der Waals surface area contributed by atoms with E-state index in [1.54, 1.807) is 0 Å². The summed E-state index contributed by atoms with van der Waals surface area (Å²) in [6.07, 6.45) is 1.84. The van der Waals surface area contributed by atoms with Gasteiger partial charge in [-0.2, -0.15) is 12.1 Å². The molecule has 1 aliphatic heterocycles. The van der Waals surface area contributed by atoms with E-state index in [0.717, 1.165) is 67.2 Å². The van der Waals surface area contributed by atoms with Crippen LogP contribution in [-0.2, 0) is 31.9 Å². The Morgan fingerprint density at radius 2 is 1.14 bits per heavy atom. The molecule has 0 N–H and O–H groups in total. The summed E-state index contributed by atoms with van der Waals surface area (Å²) in [6.45, 7) is 16.0. The van der Waals surface area contributed by atoms with E-state index in [1.165, 1.54) is 32.9 Å². The quantitative estimate of drug-likeness (QED) is 0.149. The summed E-state index contributed by atoms with van der Waals surface area (Å²) >= 11 is 0. The summed E-state index contributed by atoms with van der Waals surface area (Å²) in [4.78, 5) is 9.42. The molecule has 0 amide bonds. The molecule has 1 aliphatic rings. The maximum atomic E-state index is 6.75. The van der Waals surface area contributed by atoms with Gasteiger partial charge in [-0.3, -0.25) is 0 Å². The molecule has 0 radical (unpaired) electrons. The maximum absolute atomic E-state index is 6.75. The molecule has 0 fully saturated rings. The minimum Gasteiger partial charge on any atom is -0.509 e. The van der Waals surface area contributed by atoms with Crippen molar-refractivity contribution >= 4 is 66.4 Å². The molecule has 0 saturated heterocycles. The Kier molecular flexibility index (Phi) is 10.9. The van der Waals surface area contributed by atoms with Gasteiger partial charge in [0.15, 0.2) is 0 Å². The molecule has 0 spiro atoms. The molecular formula is C62H50N5OPt-3. The fourth-order valence-corrected chi connectivity index (χ4v) is 9.86. The van der Waals surface area contributed by atoms with Crippen molar-refractivity contribution in [3.05, 3.63) is 218 Å². The van der Waals surface area contributed by atoms with Crippen molar-refractivity contribution in [2.24, 2.45) is 0 Å². The Morgan fingerprint density at radius 1 is 0.493 bits per heavy atom. The molecule has 6 nitrogen and oxygen atoms in total. The maximum Gasteiger partial charge on any atom is 0.135 e. The monoisotopic (exact) mass is 1080 g/mol. The zero-order valence-corrected chi connectivity index (χ0v) is 41.7. The summed E-state index contributed by atoms with van der Waals surface area (Å²) in [6, 6.07) is 71.9. The number of rotatable bonds is 7. The van der Waals surface area contributed by atoms with Crippen LogP contribution in [0.4, 0.5) is 22.7 Å². The molecule has 11 aromatic rings. The van der Waals surface area contributed by atoms with E-state index in [4.69, 9.17) is 9.72 Å². The molecule has 4 heterocycles. The van der Waals surface area contributed by atoms with Crippen molar-refractivity contribution in [3.8, 4) is 34.1 Å². The van der Waals surface area contributed by atoms with Crippen molar-refractivity contribution in [3.63, 3.8) is 0 Å². The Bertz CT molecular complexity index is 3640. The predicted octanol–water partition coefficient (Wildman–Crippen LogP) is 16.3. The second-order valence-corrected chi connectivity index (χ2v) is 19.8. The van der Waals surface area contributed by atoms with Gasteiger partial charge in [0.25, 0.3) is 0 Å². The minimum absolute atomic E-state index is 0. The van der Waals surface area contributed by atoms with Crippen LogP contribution in [0.1, 0.15) is 52.7 Å². The summed E-state index contributed by atoms with van der Waals surface area (Å²) < 4.78 is 11.3. The van der Waals surface area contributed by atoms with Crippen molar-refractivity contribution in [1.82, 2.24) is 14.1 Å². The first-order valence-corrected chi connectivity index (χ1v) is 23.4. The zero-order valence-electron chi connectivity index (χ0n) is 39.4. The number of hydrogen-bond donors (Lipinski definition) is 0. The van der Waals surface area contributed by atoms with Crippen LogP contribution in [0, 0.1) is 18.8 Å². The van der Waals surface area contributed by atoms with E-state index in [0.29, 0.717) is 11.5 Å². The first-order valence-electron chi connectivity index (χ1n) is 23.4. The first-order chi connectivity index (χ1) is 33.0. The largest absolute Gasteiger partial charge is 0.509 e. The number of anilines is 4. The molecular weight excluding hydrogens is 1030 g/mol. The van der Waals surface area contributed by atoms with Crippen LogP contribution in [0.3, 0.4) is 0 Å². The van der Waals surface area contributed by atoms with Crippen LogP contribution < -0.4 is 14.5 Å². The third kappa shape index (κ3) is 7.68. The van der Waals surface area contributed by atoms with Gasteiger partial charge >= 0.3 is 0 Å². The Morgan fingerprint density at radius 3 is 1.84 bits per heavy atom. The van der Waals surface area contributed by atoms with Crippen LogP contribution in [0.5, 0.6) is 11.5 Å². The Labute approximate surface area is 418 Å². The van der Waals surface area contributed by atoms with Crippen LogP contribution in [0.25, 0.3) is 66.2 Å². The van der Waals surface area contributed by atoms with Crippen molar-refractivity contribution in [2.75, 3.05) is 9.80 Å². The topological polar surface area (TPSA) is 38.5 Å². The number of para-hydroxylation sites is 3. The van der Waals surface area contributed by atoms with Gasteiger partial charge in [-0.1, -0.05) is 138 Å². The summed E-state index contributed by atoms with van der Waals surface area (Å²) in [7, 11) is 0. The van der Waals surface area contributed by atoms with Crippen LogP contribution in [0.2, 0.25) is 0 Å².